The Morgan fingerprint density at radius 3 is 0.974 bits per heavy atom. The van der Waals surface area contributed by atoms with Gasteiger partial charge in [0.05, 0.1) is 25.8 Å². The lowest BCUT2D eigenvalue weighted by Crippen LogP contribution is -2.55. The lowest BCUT2D eigenvalue weighted by atomic mass is 9.89. The molecule has 8 saturated heterocycles. The number of nitrogens with zero attached hydrogens (tertiary/aromatic N) is 17. The van der Waals surface area contributed by atoms with E-state index in [1.807, 2.05) is 0 Å². The summed E-state index contributed by atoms with van der Waals surface area (Å²) in [6, 6.07) is 0. The van der Waals surface area contributed by atoms with E-state index in [0.717, 1.165) is 32.5 Å². The lowest BCUT2D eigenvalue weighted by Gasteiger charge is -2.42. The molecule has 0 amide bonds. The maximum atomic E-state index is 4.55. The smallest absolute Gasteiger partial charge is 0.145 e. The summed E-state index contributed by atoms with van der Waals surface area (Å²) in [6.45, 7) is 28.7. The molecule has 0 aliphatic carbocycles. The first kappa shape index (κ1) is 71.1. The highest BCUT2D eigenvalue weighted by molar-refractivity contribution is 5.83. The van der Waals surface area contributed by atoms with E-state index in [4.69, 9.17) is 0 Å². The molecule has 9 aliphatic heterocycles. The standard InChI is InChI=1S/C18H42N6.C10H24N4.C10H24N2.C9H16N2.C7H13N.C6H12N2/c1-19(2)10-7-13-22-16-23(14-8-11-20(3)4)18-24(17-22)15-9-12-21(5)6;1-11(2)9(12(3)4)10(13(5)6)14(7)8;1-11(2)9-7-5-6-8-10-12(3)4;1-2-5-9-10-6-4-8-11(9)7-3-1;1-4-8-5-2-7(1)3-6-8;1-2-8-5-3-7(1)4-6-8/h7-18H2,1-6H3;1-8H3;5-10H2,1-4H3;1-8H2;7H,1-6H2;1-6H2. The number of amidine groups is 1. The van der Waals surface area contributed by atoms with Gasteiger partial charge in [-0.1, -0.05) is 19.3 Å². The van der Waals surface area contributed by atoms with Crippen molar-refractivity contribution in [1.82, 2.24) is 78.4 Å². The van der Waals surface area contributed by atoms with Crippen molar-refractivity contribution in [3.05, 3.63) is 11.6 Å². The van der Waals surface area contributed by atoms with Crippen molar-refractivity contribution in [1.29, 1.82) is 0 Å². The van der Waals surface area contributed by atoms with Crippen LogP contribution in [0.5, 0.6) is 0 Å². The summed E-state index contributed by atoms with van der Waals surface area (Å²) in [5.74, 6) is 4.90. The average Bonchev–Trinajstić information content (AvgIpc) is 3.64. The van der Waals surface area contributed by atoms with E-state index in [9.17, 15) is 0 Å². The van der Waals surface area contributed by atoms with Crippen LogP contribution in [0.3, 0.4) is 0 Å². The number of aliphatic imine (C=N–C) groups is 1. The fourth-order valence-corrected chi connectivity index (χ4v) is 11.4. The van der Waals surface area contributed by atoms with E-state index in [1.54, 1.807) is 0 Å². The molecule has 9 rings (SSSR count). The summed E-state index contributed by atoms with van der Waals surface area (Å²) >= 11 is 0. The zero-order chi connectivity index (χ0) is 57.1. The number of hydrogen-bond acceptors (Lipinski definition) is 17. The van der Waals surface area contributed by atoms with Gasteiger partial charge < -0.3 is 53.9 Å². The van der Waals surface area contributed by atoms with E-state index in [2.05, 4.69) is 210 Å². The number of unbranched alkanes of at least 4 members (excludes halogenated alkanes) is 3. The van der Waals surface area contributed by atoms with Gasteiger partial charge in [0.1, 0.15) is 11.6 Å². The molecule has 0 aromatic heterocycles. The quantitative estimate of drug-likeness (QED) is 0.128. The molecule has 9 aliphatic rings. The molecule has 456 valence electrons. The molecule has 0 radical (unpaired) electrons. The molecule has 0 spiro atoms. The van der Waals surface area contributed by atoms with E-state index in [0.29, 0.717) is 0 Å². The second-order valence-electron chi connectivity index (χ2n) is 25.5. The van der Waals surface area contributed by atoms with E-state index in [1.165, 1.54) is 238 Å². The molecule has 0 saturated carbocycles. The van der Waals surface area contributed by atoms with Gasteiger partial charge in [0.15, 0.2) is 0 Å². The Hall–Kier alpha value is -2.03. The third kappa shape index (κ3) is 34.1. The number of piperidine rings is 3. The van der Waals surface area contributed by atoms with Gasteiger partial charge in [-0.2, -0.15) is 0 Å². The Morgan fingerprint density at radius 1 is 0.364 bits per heavy atom. The van der Waals surface area contributed by atoms with Gasteiger partial charge in [-0.25, -0.2) is 0 Å². The van der Waals surface area contributed by atoms with Gasteiger partial charge in [-0.05, 0) is 199 Å². The van der Waals surface area contributed by atoms with Crippen molar-refractivity contribution < 1.29 is 0 Å². The summed E-state index contributed by atoms with van der Waals surface area (Å²) in [7, 11) is 38.0. The van der Waals surface area contributed by atoms with Crippen molar-refractivity contribution in [2.75, 3.05) is 278 Å². The van der Waals surface area contributed by atoms with Crippen molar-refractivity contribution in [2.24, 2.45) is 10.9 Å². The second kappa shape index (κ2) is 41.9. The van der Waals surface area contributed by atoms with Crippen LogP contribution in [0, 0.1) is 5.92 Å². The minimum Gasteiger partial charge on any atom is -0.361 e. The molecule has 77 heavy (non-hydrogen) atoms. The minimum atomic E-state index is 1.08. The number of rotatable bonds is 23. The Kier molecular flexibility index (Phi) is 38.7. The Balaban J connectivity index is 0.000000330. The fourth-order valence-electron chi connectivity index (χ4n) is 11.4. The van der Waals surface area contributed by atoms with Crippen LogP contribution >= 0.6 is 0 Å². The third-order valence-electron chi connectivity index (χ3n) is 15.6. The van der Waals surface area contributed by atoms with Crippen LogP contribution in [0.1, 0.15) is 96.3 Å². The van der Waals surface area contributed by atoms with Crippen molar-refractivity contribution in [3.63, 3.8) is 0 Å². The van der Waals surface area contributed by atoms with Crippen LogP contribution in [0.15, 0.2) is 16.6 Å². The molecule has 8 fully saturated rings. The zero-order valence-electron chi connectivity index (χ0n) is 54.6. The second-order valence-corrected chi connectivity index (χ2v) is 25.5. The molecular weight excluding hydrogens is 959 g/mol. The van der Waals surface area contributed by atoms with Crippen LogP contribution in [0.4, 0.5) is 0 Å². The maximum Gasteiger partial charge on any atom is 0.145 e. The normalized spacial score (nSPS) is 22.2. The SMILES string of the molecule is C1CCC2=NCCCN2CC1.C1CN2CCC1CC2.C1CN2CCN1CC2.CN(C)C(=C(N(C)C)N(C)C)N(C)C.CN(C)CCCCCCN(C)C.CN(C)CCCN1CN(CCCN(C)C)CN(CCCN(C)C)C1. The predicted molar refractivity (Wildman–Crippen MR) is 335 cm³/mol. The van der Waals surface area contributed by atoms with Crippen LogP contribution < -0.4 is 0 Å². The van der Waals surface area contributed by atoms with Gasteiger partial charge in [0.2, 0.25) is 0 Å². The number of hydrogen-bond donors (Lipinski definition) is 0. The molecule has 0 unspecified atom stereocenters. The maximum absolute atomic E-state index is 4.55. The first-order valence-electron chi connectivity index (χ1n) is 30.9. The van der Waals surface area contributed by atoms with Crippen LogP contribution in [-0.2, 0) is 0 Å². The molecule has 0 aromatic carbocycles. The van der Waals surface area contributed by atoms with Crippen LogP contribution in [-0.4, -0.2) is 362 Å². The topological polar surface area (TPSA) is 64.2 Å². The van der Waals surface area contributed by atoms with Crippen molar-refractivity contribution in [3.8, 4) is 0 Å². The third-order valence-corrected chi connectivity index (χ3v) is 15.6. The Labute approximate surface area is 479 Å². The number of piperazine rings is 3. The van der Waals surface area contributed by atoms with Gasteiger partial charge in [-0.3, -0.25) is 29.5 Å². The van der Waals surface area contributed by atoms with Crippen molar-refractivity contribution >= 4 is 5.84 Å². The highest BCUT2D eigenvalue weighted by atomic mass is 15.5. The molecule has 17 heteroatoms. The Morgan fingerprint density at radius 2 is 0.688 bits per heavy atom. The molecular formula is C60H131N17. The summed E-state index contributed by atoms with van der Waals surface area (Å²) < 4.78 is 0. The van der Waals surface area contributed by atoms with Gasteiger partial charge in [0.25, 0.3) is 0 Å². The van der Waals surface area contributed by atoms with E-state index < -0.39 is 0 Å². The molecule has 0 atom stereocenters. The molecule has 17 nitrogen and oxygen atoms in total. The molecule has 9 heterocycles. The largest absolute Gasteiger partial charge is 0.361 e. The molecule has 0 aromatic rings. The van der Waals surface area contributed by atoms with Crippen LogP contribution in [0.25, 0.3) is 0 Å². The highest BCUT2D eigenvalue weighted by Crippen LogP contribution is 2.26. The predicted octanol–water partition coefficient (Wildman–Crippen LogP) is 5.05. The number of fused-ring (bicyclic) bond motifs is 7. The lowest BCUT2D eigenvalue weighted by molar-refractivity contribution is -0.0320. The van der Waals surface area contributed by atoms with Gasteiger partial charge in [0, 0.05) is 141 Å². The van der Waals surface area contributed by atoms with Crippen molar-refractivity contribution in [2.45, 2.75) is 96.3 Å². The Bertz CT molecular complexity index is 1290. The zero-order valence-corrected chi connectivity index (χ0v) is 54.6. The minimum absolute atomic E-state index is 1.08. The average molecular weight is 1090 g/mol. The summed E-state index contributed by atoms with van der Waals surface area (Å²) in [5, 5.41) is 0. The molecule has 0 N–H and O–H groups in total. The first-order chi connectivity index (χ1) is 36.6. The summed E-state index contributed by atoms with van der Waals surface area (Å²) in [5.41, 5.74) is 0. The summed E-state index contributed by atoms with van der Waals surface area (Å²) in [6.07, 6.45) is 20.3. The monoisotopic (exact) mass is 1090 g/mol. The first-order valence-corrected chi connectivity index (χ1v) is 30.9. The highest BCUT2D eigenvalue weighted by Gasteiger charge is 2.26. The fraction of sp³-hybridized carbons (Fsp3) is 0.950. The van der Waals surface area contributed by atoms with E-state index in [-0.39, 0.29) is 0 Å². The van der Waals surface area contributed by atoms with E-state index >= 15 is 0 Å². The molecule has 4 bridgehead atoms. The summed E-state index contributed by atoms with van der Waals surface area (Å²) in [4.78, 5) is 42.4. The van der Waals surface area contributed by atoms with Crippen LogP contribution in [0.2, 0.25) is 0 Å². The van der Waals surface area contributed by atoms with Gasteiger partial charge in [-0.15, -0.1) is 0 Å². The van der Waals surface area contributed by atoms with Gasteiger partial charge >= 0.3 is 0 Å².